The minimum Gasteiger partial charge on any atom is -0.465 e. The van der Waals surface area contributed by atoms with Crippen LogP contribution in [0.15, 0.2) is 29.2 Å². The number of rotatable bonds is 6. The normalized spacial score (nSPS) is 21.5. The molecule has 1 saturated carbocycles. The first-order chi connectivity index (χ1) is 16.0. The van der Waals surface area contributed by atoms with Gasteiger partial charge in [0.05, 0.1) is 46.4 Å². The fourth-order valence-corrected chi connectivity index (χ4v) is 6.16. The molecule has 2 aromatic rings. The highest BCUT2D eigenvalue weighted by Gasteiger charge is 2.49. The highest BCUT2D eigenvalue weighted by molar-refractivity contribution is 7.85. The lowest BCUT2D eigenvalue weighted by molar-refractivity contribution is 0.0600. The van der Waals surface area contributed by atoms with Crippen molar-refractivity contribution in [2.75, 3.05) is 37.5 Å². The average molecular weight is 469 g/mol. The number of hydrogen-bond donors (Lipinski definition) is 2. The number of aliphatic hydroxyl groups excluding tert-OH is 1. The lowest BCUT2D eigenvalue weighted by Crippen LogP contribution is -2.35. The van der Waals surface area contributed by atoms with E-state index in [0.717, 1.165) is 44.5 Å². The molecule has 2 fully saturated rings. The zero-order chi connectivity index (χ0) is 23.2. The molecule has 1 saturated heterocycles. The van der Waals surface area contributed by atoms with Gasteiger partial charge in [0, 0.05) is 30.7 Å². The second-order valence-electron chi connectivity index (χ2n) is 9.14. The maximum atomic E-state index is 12.6. The summed E-state index contributed by atoms with van der Waals surface area (Å²) in [7, 11) is 0.193. The molecule has 3 heterocycles. The molecule has 33 heavy (non-hydrogen) atoms. The van der Waals surface area contributed by atoms with Gasteiger partial charge in [0.25, 0.3) is 0 Å². The molecule has 9 heteroatoms. The lowest BCUT2D eigenvalue weighted by Gasteiger charge is -2.33. The summed E-state index contributed by atoms with van der Waals surface area (Å²) in [5.74, 6) is 1.17. The Morgan fingerprint density at radius 2 is 1.94 bits per heavy atom. The molecular weight excluding hydrogens is 440 g/mol. The Labute approximate surface area is 195 Å². The molecule has 3 aliphatic rings. The van der Waals surface area contributed by atoms with Crippen molar-refractivity contribution in [2.45, 2.75) is 42.9 Å². The van der Waals surface area contributed by atoms with Crippen LogP contribution in [0.2, 0.25) is 0 Å². The van der Waals surface area contributed by atoms with E-state index in [4.69, 9.17) is 20.1 Å². The van der Waals surface area contributed by atoms with E-state index in [9.17, 15) is 14.1 Å². The fourth-order valence-electron chi connectivity index (χ4n) is 4.81. The number of aryl methyl sites for hydroxylation is 1. The number of nitrogens with zero attached hydrogens (tertiary/aromatic N) is 3. The number of methoxy groups -OCH3 is 1. The van der Waals surface area contributed by atoms with Gasteiger partial charge in [0.15, 0.2) is 0 Å². The third-order valence-electron chi connectivity index (χ3n) is 7.18. The van der Waals surface area contributed by atoms with E-state index in [1.165, 1.54) is 12.7 Å². The largest absolute Gasteiger partial charge is 0.465 e. The number of fused-ring (bicyclic) bond motifs is 1. The number of carbonyl (C=O) groups excluding carboxylic acids is 1. The van der Waals surface area contributed by atoms with E-state index in [-0.39, 0.29) is 12.6 Å². The van der Waals surface area contributed by atoms with Crippen molar-refractivity contribution in [1.29, 1.82) is 5.41 Å². The number of carbonyl (C=O) groups is 1. The quantitative estimate of drug-likeness (QED) is 0.494. The van der Waals surface area contributed by atoms with Gasteiger partial charge < -0.3 is 20.2 Å². The Balaban J connectivity index is 1.35. The number of ether oxygens (including phenoxy) is 1. The van der Waals surface area contributed by atoms with Gasteiger partial charge in [-0.15, -0.1) is 0 Å². The first kappa shape index (κ1) is 22.2. The molecule has 1 atom stereocenters. The molecule has 5 rings (SSSR count). The van der Waals surface area contributed by atoms with Gasteiger partial charge in [-0.1, -0.05) is 12.1 Å². The minimum atomic E-state index is -1.19. The minimum absolute atomic E-state index is 0.0766. The maximum Gasteiger partial charge on any atom is 0.337 e. The molecule has 2 aliphatic heterocycles. The summed E-state index contributed by atoms with van der Waals surface area (Å²) >= 11 is 0. The highest BCUT2D eigenvalue weighted by Crippen LogP contribution is 2.48. The van der Waals surface area contributed by atoms with E-state index >= 15 is 0 Å². The molecule has 0 spiro atoms. The van der Waals surface area contributed by atoms with Crippen LogP contribution in [0.3, 0.4) is 0 Å². The highest BCUT2D eigenvalue weighted by atomic mass is 32.2. The van der Waals surface area contributed by atoms with Crippen molar-refractivity contribution >= 4 is 28.4 Å². The van der Waals surface area contributed by atoms with Crippen LogP contribution in [0.5, 0.6) is 0 Å². The van der Waals surface area contributed by atoms with Crippen LogP contribution in [0.25, 0.3) is 0 Å². The van der Waals surface area contributed by atoms with Gasteiger partial charge in [0.1, 0.15) is 5.69 Å². The molecule has 1 unspecified atom stereocenters. The van der Waals surface area contributed by atoms with Crippen LogP contribution >= 0.6 is 0 Å². The van der Waals surface area contributed by atoms with Gasteiger partial charge in [-0.3, -0.25) is 4.21 Å². The summed E-state index contributed by atoms with van der Waals surface area (Å²) in [6.07, 6.45) is 4.02. The topological polar surface area (TPSA) is 116 Å². The number of anilines is 1. The van der Waals surface area contributed by atoms with Crippen LogP contribution in [0.1, 0.15) is 58.9 Å². The smallest absolute Gasteiger partial charge is 0.337 e. The van der Waals surface area contributed by atoms with Gasteiger partial charge >= 0.3 is 5.97 Å². The summed E-state index contributed by atoms with van der Waals surface area (Å²) in [6.45, 7) is 1.49. The van der Waals surface area contributed by atoms with E-state index in [1.54, 1.807) is 0 Å². The van der Waals surface area contributed by atoms with Gasteiger partial charge in [-0.05, 0) is 49.3 Å². The molecule has 0 radical (unpaired) electrons. The summed E-state index contributed by atoms with van der Waals surface area (Å²) in [4.78, 5) is 23.9. The summed E-state index contributed by atoms with van der Waals surface area (Å²) in [5, 5.41) is 18.6. The number of nitrogens with one attached hydrogen (secondary N) is 1. The monoisotopic (exact) mass is 468 g/mol. The number of aliphatic hydroxyl groups is 1. The SMILES string of the molecule is COC(=O)c1ccc(C2CCN(c3nc4c(c(C(=N)C5(CO)CC5)n3)S(=O)CC4)CC2)cc1. The molecule has 0 bridgehead atoms. The first-order valence-corrected chi connectivity index (χ1v) is 12.7. The molecule has 2 N–H and O–H groups in total. The van der Waals surface area contributed by atoms with E-state index in [2.05, 4.69) is 4.90 Å². The van der Waals surface area contributed by atoms with Crippen LogP contribution in [-0.2, 0) is 22.0 Å². The van der Waals surface area contributed by atoms with Gasteiger partial charge in [-0.25, -0.2) is 14.8 Å². The van der Waals surface area contributed by atoms with Crippen LogP contribution in [-0.4, -0.2) is 63.5 Å². The Bertz CT molecular complexity index is 1120. The van der Waals surface area contributed by atoms with Crippen LogP contribution < -0.4 is 4.90 Å². The molecular formula is C24H28N4O4S. The molecule has 1 aliphatic carbocycles. The van der Waals surface area contributed by atoms with E-state index in [1.807, 2.05) is 24.3 Å². The van der Waals surface area contributed by atoms with Crippen molar-refractivity contribution in [3.05, 3.63) is 46.8 Å². The third kappa shape index (κ3) is 3.97. The van der Waals surface area contributed by atoms with Gasteiger partial charge in [-0.2, -0.15) is 0 Å². The number of piperidine rings is 1. The predicted molar refractivity (Wildman–Crippen MR) is 125 cm³/mol. The maximum absolute atomic E-state index is 12.6. The van der Waals surface area contributed by atoms with Crippen LogP contribution in [0, 0.1) is 10.8 Å². The second kappa shape index (κ2) is 8.61. The lowest BCUT2D eigenvalue weighted by atomic mass is 9.89. The van der Waals surface area contributed by atoms with E-state index < -0.39 is 16.2 Å². The Hall–Kier alpha value is -2.65. The zero-order valence-electron chi connectivity index (χ0n) is 18.7. The van der Waals surface area contributed by atoms with Crippen molar-refractivity contribution in [2.24, 2.45) is 5.41 Å². The van der Waals surface area contributed by atoms with Crippen molar-refractivity contribution in [3.63, 3.8) is 0 Å². The first-order valence-electron chi connectivity index (χ1n) is 11.4. The third-order valence-corrected chi connectivity index (χ3v) is 8.64. The average Bonchev–Trinajstić information content (AvgIpc) is 3.59. The number of esters is 1. The number of hydrogen-bond acceptors (Lipinski definition) is 8. The van der Waals surface area contributed by atoms with E-state index in [0.29, 0.717) is 45.9 Å². The molecule has 1 aromatic heterocycles. The van der Waals surface area contributed by atoms with Crippen LogP contribution in [0.4, 0.5) is 5.95 Å². The zero-order valence-corrected chi connectivity index (χ0v) is 19.5. The fraction of sp³-hybridized carbons (Fsp3) is 0.500. The van der Waals surface area contributed by atoms with Crippen molar-refractivity contribution in [3.8, 4) is 0 Å². The predicted octanol–water partition coefficient (Wildman–Crippen LogP) is 2.45. The molecule has 174 valence electrons. The Kier molecular flexibility index (Phi) is 5.78. The van der Waals surface area contributed by atoms with Crippen molar-refractivity contribution in [1.82, 2.24) is 9.97 Å². The second-order valence-corrected chi connectivity index (χ2v) is 10.6. The summed E-state index contributed by atoms with van der Waals surface area (Å²) in [5.41, 5.74) is 2.78. The molecule has 0 amide bonds. The Morgan fingerprint density at radius 3 is 2.55 bits per heavy atom. The summed E-state index contributed by atoms with van der Waals surface area (Å²) in [6, 6.07) is 7.61. The number of aromatic nitrogens is 2. The molecule has 8 nitrogen and oxygen atoms in total. The number of benzene rings is 1. The molecule has 1 aromatic carbocycles. The standard InChI is InChI=1S/C24H28N4O4S/c1-32-22(30)17-4-2-15(3-5-17)16-6-11-28(12-7-16)23-26-18-8-13-33(31)20(18)19(27-23)21(25)24(14-29)9-10-24/h2-5,16,25,29H,6-14H2,1H3. The summed E-state index contributed by atoms with van der Waals surface area (Å²) < 4.78 is 17.4. The Morgan fingerprint density at radius 1 is 1.24 bits per heavy atom. The van der Waals surface area contributed by atoms with Gasteiger partial charge in [0.2, 0.25) is 5.95 Å². The van der Waals surface area contributed by atoms with Crippen molar-refractivity contribution < 1.29 is 18.8 Å².